The van der Waals surface area contributed by atoms with Crippen molar-refractivity contribution in [3.05, 3.63) is 206 Å². The Hall–Kier alpha value is -7.99. The van der Waals surface area contributed by atoms with E-state index in [1.165, 1.54) is 74.4 Å². The van der Waals surface area contributed by atoms with Gasteiger partial charge in [0.15, 0.2) is 17.5 Å². The van der Waals surface area contributed by atoms with Gasteiger partial charge in [-0.3, -0.25) is 0 Å². The first-order valence-electron chi connectivity index (χ1n) is 20.9. The fourth-order valence-electron chi connectivity index (χ4n) is 9.61. The van der Waals surface area contributed by atoms with Gasteiger partial charge < -0.3 is 4.57 Å². The summed E-state index contributed by atoms with van der Waals surface area (Å²) >= 11 is 1.87. The first kappa shape index (κ1) is 34.8. The summed E-state index contributed by atoms with van der Waals surface area (Å²) in [7, 11) is 0. The molecule has 13 aromatic rings. The van der Waals surface area contributed by atoms with E-state index in [2.05, 4.69) is 193 Å². The van der Waals surface area contributed by atoms with Crippen LogP contribution in [0.2, 0.25) is 0 Å². The molecule has 0 saturated heterocycles. The second-order valence-electron chi connectivity index (χ2n) is 15.9. The van der Waals surface area contributed by atoms with Crippen molar-refractivity contribution >= 4 is 85.6 Å². The van der Waals surface area contributed by atoms with E-state index < -0.39 is 0 Å². The van der Waals surface area contributed by atoms with Crippen LogP contribution in [0.3, 0.4) is 0 Å². The third-order valence-corrected chi connectivity index (χ3v) is 13.6. The van der Waals surface area contributed by atoms with Crippen molar-refractivity contribution in [3.63, 3.8) is 0 Å². The number of aromatic nitrogens is 4. The van der Waals surface area contributed by atoms with Gasteiger partial charge >= 0.3 is 0 Å². The molecular weight excluding hydrogens is 773 g/mol. The van der Waals surface area contributed by atoms with Crippen LogP contribution < -0.4 is 0 Å². The number of hydrogen-bond acceptors (Lipinski definition) is 4. The van der Waals surface area contributed by atoms with Crippen LogP contribution in [-0.2, 0) is 0 Å². The number of fused-ring (bicyclic) bond motifs is 12. The van der Waals surface area contributed by atoms with Crippen LogP contribution in [0, 0.1) is 0 Å². The molecular formula is C57H34N4S. The van der Waals surface area contributed by atoms with E-state index in [1.807, 2.05) is 29.5 Å². The highest BCUT2D eigenvalue weighted by Gasteiger charge is 2.21. The predicted octanol–water partition coefficient (Wildman–Crippen LogP) is 15.5. The van der Waals surface area contributed by atoms with Gasteiger partial charge in [-0.05, 0) is 79.8 Å². The zero-order valence-corrected chi connectivity index (χ0v) is 34.1. The van der Waals surface area contributed by atoms with E-state index >= 15 is 0 Å². The molecule has 10 aromatic carbocycles. The smallest absolute Gasteiger partial charge is 0.166 e. The van der Waals surface area contributed by atoms with Crippen molar-refractivity contribution in [1.29, 1.82) is 0 Å². The van der Waals surface area contributed by atoms with Gasteiger partial charge in [0, 0.05) is 47.6 Å². The molecule has 0 atom stereocenters. The molecule has 3 aromatic heterocycles. The van der Waals surface area contributed by atoms with Gasteiger partial charge in [0.25, 0.3) is 0 Å². The highest BCUT2D eigenvalue weighted by Crippen LogP contribution is 2.45. The quantitative estimate of drug-likeness (QED) is 0.163. The Bertz CT molecular complexity index is 3890. The molecule has 4 nitrogen and oxygen atoms in total. The van der Waals surface area contributed by atoms with Gasteiger partial charge in [0.1, 0.15) is 0 Å². The Morgan fingerprint density at radius 1 is 0.306 bits per heavy atom. The summed E-state index contributed by atoms with van der Waals surface area (Å²) in [5.41, 5.74) is 8.58. The van der Waals surface area contributed by atoms with Crippen LogP contribution in [0.4, 0.5) is 0 Å². The van der Waals surface area contributed by atoms with Crippen LogP contribution in [0.25, 0.3) is 125 Å². The molecule has 0 N–H and O–H groups in total. The number of rotatable bonds is 5. The van der Waals surface area contributed by atoms with Crippen molar-refractivity contribution in [2.45, 2.75) is 0 Å². The van der Waals surface area contributed by atoms with Crippen LogP contribution in [-0.4, -0.2) is 19.5 Å². The predicted molar refractivity (Wildman–Crippen MR) is 261 cm³/mol. The van der Waals surface area contributed by atoms with Crippen LogP contribution in [0.1, 0.15) is 0 Å². The van der Waals surface area contributed by atoms with E-state index in [1.54, 1.807) is 0 Å². The number of benzene rings is 10. The maximum absolute atomic E-state index is 5.36. The van der Waals surface area contributed by atoms with Gasteiger partial charge in [-0.1, -0.05) is 170 Å². The highest BCUT2D eigenvalue weighted by molar-refractivity contribution is 7.26. The van der Waals surface area contributed by atoms with Gasteiger partial charge in [0.2, 0.25) is 0 Å². The van der Waals surface area contributed by atoms with E-state index in [4.69, 9.17) is 15.0 Å². The Morgan fingerprint density at radius 2 is 0.855 bits per heavy atom. The topological polar surface area (TPSA) is 43.6 Å². The molecule has 0 amide bonds. The molecule has 62 heavy (non-hydrogen) atoms. The second-order valence-corrected chi connectivity index (χ2v) is 17.0. The lowest BCUT2D eigenvalue weighted by atomic mass is 9.93. The molecule has 0 radical (unpaired) electrons. The maximum atomic E-state index is 5.36. The van der Waals surface area contributed by atoms with Crippen molar-refractivity contribution < 1.29 is 0 Å². The van der Waals surface area contributed by atoms with Crippen molar-refractivity contribution in [1.82, 2.24) is 19.5 Å². The number of nitrogens with zero attached hydrogens (tertiary/aromatic N) is 4. The molecule has 0 aliphatic carbocycles. The summed E-state index contributed by atoms with van der Waals surface area (Å²) in [6, 6.07) is 73.8. The molecule has 0 aliphatic heterocycles. The maximum Gasteiger partial charge on any atom is 0.166 e. The number of thiophene rings is 1. The average molecular weight is 807 g/mol. The monoisotopic (exact) mass is 806 g/mol. The third-order valence-electron chi connectivity index (χ3n) is 12.4. The molecule has 3 heterocycles. The lowest BCUT2D eigenvalue weighted by Gasteiger charge is -2.15. The summed E-state index contributed by atoms with van der Waals surface area (Å²) in [6.45, 7) is 0. The highest BCUT2D eigenvalue weighted by atomic mass is 32.1. The zero-order chi connectivity index (χ0) is 40.7. The standard InChI is InChI=1S/C57H34N4S/c1-3-16-35(17-4-1)38-26-15-27-45-49-33-48-44-24-11-13-28-50(44)61(52(48)34-53(49)62-54(38)45)51-29-14-12-25-46(51)57-59-55(36-18-5-2-6-19-36)58-56(60-57)37-30-31-43-41-22-8-7-20-39(41)40-21-9-10-23-42(40)47(43)32-37/h1-34H. The van der Waals surface area contributed by atoms with Gasteiger partial charge in [-0.2, -0.15) is 0 Å². The summed E-state index contributed by atoms with van der Waals surface area (Å²) < 4.78 is 4.96. The fraction of sp³-hybridized carbons (Fsp3) is 0. The zero-order valence-electron chi connectivity index (χ0n) is 33.3. The Balaban J connectivity index is 1.05. The molecule has 0 unspecified atom stereocenters. The number of hydrogen-bond donors (Lipinski definition) is 0. The van der Waals surface area contributed by atoms with Crippen molar-refractivity contribution in [2.24, 2.45) is 0 Å². The normalized spacial score (nSPS) is 11.9. The minimum atomic E-state index is 0.620. The summed E-state index contributed by atoms with van der Waals surface area (Å²) in [5.74, 6) is 1.88. The van der Waals surface area contributed by atoms with Gasteiger partial charge in [0.05, 0.1) is 16.7 Å². The molecule has 5 heteroatoms. The average Bonchev–Trinajstić information content (AvgIpc) is 3.88. The first-order chi connectivity index (χ1) is 30.7. The first-order valence-corrected chi connectivity index (χ1v) is 21.8. The van der Waals surface area contributed by atoms with Gasteiger partial charge in [-0.25, -0.2) is 15.0 Å². The Kier molecular flexibility index (Phi) is 7.74. The Labute approximate surface area is 360 Å². The molecule has 288 valence electrons. The van der Waals surface area contributed by atoms with E-state index in [0.29, 0.717) is 17.5 Å². The summed E-state index contributed by atoms with van der Waals surface area (Å²) in [6.07, 6.45) is 0. The minimum Gasteiger partial charge on any atom is -0.308 e. The fourth-order valence-corrected chi connectivity index (χ4v) is 10.9. The van der Waals surface area contributed by atoms with E-state index in [0.717, 1.165) is 33.4 Å². The largest absolute Gasteiger partial charge is 0.308 e. The summed E-state index contributed by atoms with van der Waals surface area (Å²) in [5, 5.41) is 12.3. The molecule has 0 fully saturated rings. The SMILES string of the molecule is c1ccc(-c2nc(-c3ccc4c5ccccc5c5ccccc5c4c3)nc(-c3ccccc3-n3c4ccccc4c4cc5c(cc43)sc3c(-c4ccccc4)cccc35)n2)cc1. The molecule has 0 aliphatic rings. The molecule has 0 spiro atoms. The van der Waals surface area contributed by atoms with Gasteiger partial charge in [-0.15, -0.1) is 11.3 Å². The number of para-hydroxylation sites is 2. The van der Waals surface area contributed by atoms with Crippen LogP contribution in [0.15, 0.2) is 206 Å². The van der Waals surface area contributed by atoms with Crippen molar-refractivity contribution in [3.8, 4) is 51.0 Å². The third kappa shape index (κ3) is 5.35. The molecule has 13 rings (SSSR count). The lowest BCUT2D eigenvalue weighted by Crippen LogP contribution is -2.03. The molecule has 0 saturated carbocycles. The molecule has 0 bridgehead atoms. The van der Waals surface area contributed by atoms with E-state index in [9.17, 15) is 0 Å². The van der Waals surface area contributed by atoms with Crippen molar-refractivity contribution in [2.75, 3.05) is 0 Å². The Morgan fingerprint density at radius 3 is 1.60 bits per heavy atom. The van der Waals surface area contributed by atoms with E-state index in [-0.39, 0.29) is 0 Å². The minimum absolute atomic E-state index is 0.620. The summed E-state index contributed by atoms with van der Waals surface area (Å²) in [4.78, 5) is 15.8. The van der Waals surface area contributed by atoms with Crippen LogP contribution >= 0.6 is 11.3 Å². The second kappa shape index (κ2) is 13.8. The lowest BCUT2D eigenvalue weighted by molar-refractivity contribution is 1.06. The van der Waals surface area contributed by atoms with Crippen LogP contribution in [0.5, 0.6) is 0 Å².